The number of benzene rings is 2. The Morgan fingerprint density at radius 1 is 1.21 bits per heavy atom. The average molecular weight is 542 g/mol. The van der Waals surface area contributed by atoms with Gasteiger partial charge in [-0.1, -0.05) is 18.2 Å². The number of hydrogen-bond acceptors (Lipinski definition) is 6. The Morgan fingerprint density at radius 3 is 2.48 bits per heavy atom. The van der Waals surface area contributed by atoms with Gasteiger partial charge in [-0.05, 0) is 74.3 Å². The van der Waals surface area contributed by atoms with Gasteiger partial charge in [-0.25, -0.2) is 0 Å². The van der Waals surface area contributed by atoms with Crippen LogP contribution in [0.25, 0.3) is 6.08 Å². The first-order chi connectivity index (χ1) is 13.8. The highest BCUT2D eigenvalue weighted by atomic mass is 79.9. The Hall–Kier alpha value is -2.17. The molecule has 10 heteroatoms. The van der Waals surface area contributed by atoms with Crippen molar-refractivity contribution < 1.29 is 19.2 Å². The van der Waals surface area contributed by atoms with Crippen LogP contribution in [0, 0.1) is 10.1 Å². The Balaban J connectivity index is 1.87. The van der Waals surface area contributed by atoms with E-state index < -0.39 is 16.1 Å². The average Bonchev–Trinajstić information content (AvgIpc) is 2.92. The first kappa shape index (κ1) is 21.5. The van der Waals surface area contributed by atoms with Gasteiger partial charge in [0.2, 0.25) is 0 Å². The van der Waals surface area contributed by atoms with E-state index in [9.17, 15) is 19.7 Å². The van der Waals surface area contributed by atoms with Gasteiger partial charge in [0.05, 0.1) is 31.9 Å². The van der Waals surface area contributed by atoms with Gasteiger partial charge in [0.1, 0.15) is 5.75 Å². The van der Waals surface area contributed by atoms with Crippen LogP contribution in [0.2, 0.25) is 0 Å². The zero-order chi connectivity index (χ0) is 21.1. The second-order valence-electron chi connectivity index (χ2n) is 5.90. The van der Waals surface area contributed by atoms with Gasteiger partial charge in [-0.15, -0.1) is 0 Å². The molecule has 0 unspecified atom stereocenters. The quantitative estimate of drug-likeness (QED) is 0.262. The van der Waals surface area contributed by atoms with E-state index in [0.29, 0.717) is 32.4 Å². The Morgan fingerprint density at radius 2 is 1.86 bits per heavy atom. The lowest BCUT2D eigenvalue weighted by Gasteiger charge is -2.12. The van der Waals surface area contributed by atoms with Crippen LogP contribution in [0.15, 0.2) is 50.2 Å². The van der Waals surface area contributed by atoms with E-state index in [1.165, 1.54) is 18.2 Å². The summed E-state index contributed by atoms with van der Waals surface area (Å²) >= 11 is 7.67. The number of rotatable bonds is 6. The van der Waals surface area contributed by atoms with Gasteiger partial charge < -0.3 is 4.74 Å². The highest BCUT2D eigenvalue weighted by Crippen LogP contribution is 2.38. The maximum Gasteiger partial charge on any atom is 0.293 e. The topological polar surface area (TPSA) is 89.8 Å². The number of nitro groups is 1. The van der Waals surface area contributed by atoms with Crippen molar-refractivity contribution in [1.29, 1.82) is 0 Å². The summed E-state index contributed by atoms with van der Waals surface area (Å²) in [5, 5.41) is 10.7. The molecule has 0 atom stereocenters. The number of amides is 2. The van der Waals surface area contributed by atoms with Gasteiger partial charge in [-0.3, -0.25) is 24.6 Å². The van der Waals surface area contributed by atoms with Gasteiger partial charge in [-0.2, -0.15) is 0 Å². The number of para-hydroxylation sites is 1. The molecular weight excluding hydrogens is 528 g/mol. The fourth-order valence-electron chi connectivity index (χ4n) is 2.73. The third-order valence-corrected chi connectivity index (χ3v) is 6.08. The summed E-state index contributed by atoms with van der Waals surface area (Å²) in [5.41, 5.74) is 0.867. The lowest BCUT2D eigenvalue weighted by molar-refractivity contribution is -0.385. The van der Waals surface area contributed by atoms with Crippen molar-refractivity contribution in [1.82, 2.24) is 4.90 Å². The molecule has 29 heavy (non-hydrogen) atoms. The number of hydrogen-bond donors (Lipinski definition) is 0. The van der Waals surface area contributed by atoms with Crippen molar-refractivity contribution in [2.75, 3.05) is 6.61 Å². The number of thioether (sulfide) groups is 1. The smallest absolute Gasteiger partial charge is 0.293 e. The molecule has 0 bridgehead atoms. The van der Waals surface area contributed by atoms with Gasteiger partial charge in [0.25, 0.3) is 16.8 Å². The molecule has 0 N–H and O–H groups in total. The second-order valence-corrected chi connectivity index (χ2v) is 8.60. The summed E-state index contributed by atoms with van der Waals surface area (Å²) in [6.45, 7) is 2.22. The van der Waals surface area contributed by atoms with E-state index in [1.54, 1.807) is 24.3 Å². The molecule has 0 spiro atoms. The van der Waals surface area contributed by atoms with Gasteiger partial charge >= 0.3 is 0 Å². The fourth-order valence-corrected chi connectivity index (χ4v) is 5.01. The largest absolute Gasteiger partial charge is 0.492 e. The van der Waals surface area contributed by atoms with E-state index in [4.69, 9.17) is 4.74 Å². The summed E-state index contributed by atoms with van der Waals surface area (Å²) in [6.07, 6.45) is 1.61. The molecule has 150 valence electrons. The molecular formula is C19H14Br2N2O5S. The molecule has 2 aromatic carbocycles. The molecule has 1 saturated heterocycles. The zero-order valence-electron chi connectivity index (χ0n) is 15.1. The molecule has 1 heterocycles. The van der Waals surface area contributed by atoms with E-state index in [2.05, 4.69) is 31.9 Å². The molecule has 0 aliphatic carbocycles. The molecule has 2 amide bonds. The van der Waals surface area contributed by atoms with E-state index in [-0.39, 0.29) is 17.1 Å². The molecule has 0 saturated carbocycles. The SMILES string of the molecule is CCOc1c(Br)cc(/C=C2\SC(=O)N(Cc3ccccc3[N+](=O)[O-])C2=O)cc1Br. The zero-order valence-corrected chi connectivity index (χ0v) is 19.0. The predicted octanol–water partition coefficient (Wildman–Crippen LogP) is 5.76. The molecule has 1 aliphatic heterocycles. The highest BCUT2D eigenvalue weighted by molar-refractivity contribution is 9.11. The minimum atomic E-state index is -0.529. The maximum atomic E-state index is 12.7. The van der Waals surface area contributed by atoms with Gasteiger partial charge in [0.15, 0.2) is 0 Å². The first-order valence-corrected chi connectivity index (χ1v) is 10.8. The van der Waals surface area contributed by atoms with Crippen LogP contribution >= 0.6 is 43.6 Å². The summed E-state index contributed by atoms with van der Waals surface area (Å²) < 4.78 is 6.96. The number of carbonyl (C=O) groups excluding carboxylic acids is 2. The maximum absolute atomic E-state index is 12.7. The van der Waals surface area contributed by atoms with Gasteiger partial charge in [0, 0.05) is 11.6 Å². The van der Waals surface area contributed by atoms with Crippen molar-refractivity contribution in [3.05, 3.63) is 71.5 Å². The van der Waals surface area contributed by atoms with E-state index in [0.717, 1.165) is 16.7 Å². The van der Waals surface area contributed by atoms with Crippen LogP contribution < -0.4 is 4.74 Å². The predicted molar refractivity (Wildman–Crippen MR) is 118 cm³/mol. The summed E-state index contributed by atoms with van der Waals surface area (Å²) in [5.74, 6) is 0.161. The summed E-state index contributed by atoms with van der Waals surface area (Å²) in [6, 6.07) is 9.62. The Labute approximate surface area is 187 Å². The number of imide groups is 1. The Kier molecular flexibility index (Phi) is 6.76. The second kappa shape index (κ2) is 9.10. The van der Waals surface area contributed by atoms with Crippen LogP contribution in [0.1, 0.15) is 18.1 Å². The van der Waals surface area contributed by atoms with Crippen LogP contribution in [0.4, 0.5) is 10.5 Å². The van der Waals surface area contributed by atoms with Crippen molar-refractivity contribution in [2.24, 2.45) is 0 Å². The minimum Gasteiger partial charge on any atom is -0.492 e. The Bertz CT molecular complexity index is 1020. The number of nitrogens with zero attached hydrogens (tertiary/aromatic N) is 2. The minimum absolute atomic E-state index is 0.130. The summed E-state index contributed by atoms with van der Waals surface area (Å²) in [7, 11) is 0. The molecule has 0 radical (unpaired) electrons. The number of ether oxygens (including phenoxy) is 1. The number of carbonyl (C=O) groups is 2. The van der Waals surface area contributed by atoms with Crippen molar-refractivity contribution in [3.8, 4) is 5.75 Å². The van der Waals surface area contributed by atoms with E-state index in [1.807, 2.05) is 6.92 Å². The molecule has 7 nitrogen and oxygen atoms in total. The highest BCUT2D eigenvalue weighted by Gasteiger charge is 2.36. The molecule has 1 fully saturated rings. The molecule has 3 rings (SSSR count). The first-order valence-electron chi connectivity index (χ1n) is 8.41. The summed E-state index contributed by atoms with van der Waals surface area (Å²) in [4.78, 5) is 37.0. The third-order valence-electron chi connectivity index (χ3n) is 4.00. The van der Waals surface area contributed by atoms with Crippen LogP contribution in [-0.2, 0) is 11.3 Å². The molecule has 2 aromatic rings. The normalized spacial score (nSPS) is 15.3. The van der Waals surface area contributed by atoms with Crippen molar-refractivity contribution >= 4 is 66.5 Å². The lowest BCUT2D eigenvalue weighted by Crippen LogP contribution is -2.27. The third kappa shape index (κ3) is 4.71. The van der Waals surface area contributed by atoms with Crippen molar-refractivity contribution in [2.45, 2.75) is 13.5 Å². The van der Waals surface area contributed by atoms with Crippen molar-refractivity contribution in [3.63, 3.8) is 0 Å². The monoisotopic (exact) mass is 540 g/mol. The lowest BCUT2D eigenvalue weighted by atomic mass is 10.1. The molecule has 0 aromatic heterocycles. The molecule has 1 aliphatic rings. The van der Waals surface area contributed by atoms with Crippen LogP contribution in [0.3, 0.4) is 0 Å². The van der Waals surface area contributed by atoms with E-state index >= 15 is 0 Å². The van der Waals surface area contributed by atoms with Crippen LogP contribution in [-0.4, -0.2) is 27.6 Å². The number of halogens is 2. The standard InChI is InChI=1S/C19H14Br2N2O5S/c1-2-28-17-13(20)7-11(8-14(17)21)9-16-18(24)22(19(25)29-16)10-12-5-3-4-6-15(12)23(26)27/h3-9H,2,10H2,1H3/b16-9-. The number of nitro benzene ring substituents is 1. The van der Waals surface area contributed by atoms with Crippen LogP contribution in [0.5, 0.6) is 5.75 Å². The fraction of sp³-hybridized carbons (Fsp3) is 0.158.